The van der Waals surface area contributed by atoms with Crippen LogP contribution in [0, 0.1) is 0 Å². The minimum absolute atomic E-state index is 0.0997. The van der Waals surface area contributed by atoms with Gasteiger partial charge in [-0.1, -0.05) is 6.07 Å². The third-order valence-corrected chi connectivity index (χ3v) is 2.39. The Labute approximate surface area is 110 Å². The van der Waals surface area contributed by atoms with Crippen molar-refractivity contribution in [2.45, 2.75) is 6.42 Å². The number of halogens is 1. The number of hydrogen-bond donors (Lipinski definition) is 2. The van der Waals surface area contributed by atoms with Crippen molar-refractivity contribution in [1.29, 1.82) is 0 Å². The van der Waals surface area contributed by atoms with E-state index < -0.39 is 0 Å². The number of rotatable bonds is 6. The summed E-state index contributed by atoms with van der Waals surface area (Å²) >= 11 is 5.30. The molecule has 1 rings (SSSR count). The van der Waals surface area contributed by atoms with Crippen LogP contribution in [0.5, 0.6) is 5.75 Å². The normalized spacial score (nSPS) is 9.67. The molecule has 0 bridgehead atoms. The topological polar surface area (TPSA) is 67.4 Å². The van der Waals surface area contributed by atoms with Gasteiger partial charge >= 0.3 is 0 Å². The molecule has 0 saturated carbocycles. The van der Waals surface area contributed by atoms with Crippen molar-refractivity contribution >= 4 is 29.1 Å². The van der Waals surface area contributed by atoms with Crippen LogP contribution in [-0.2, 0) is 9.59 Å². The van der Waals surface area contributed by atoms with E-state index in [1.54, 1.807) is 31.4 Å². The maximum absolute atomic E-state index is 11.5. The summed E-state index contributed by atoms with van der Waals surface area (Å²) in [6.07, 6.45) is 0.194. The van der Waals surface area contributed by atoms with Crippen molar-refractivity contribution in [2.24, 2.45) is 0 Å². The zero-order chi connectivity index (χ0) is 13.4. The van der Waals surface area contributed by atoms with Gasteiger partial charge in [-0.25, -0.2) is 0 Å². The highest BCUT2D eigenvalue weighted by Gasteiger charge is 2.04. The van der Waals surface area contributed by atoms with E-state index in [0.29, 0.717) is 11.4 Å². The number of amides is 2. The van der Waals surface area contributed by atoms with Gasteiger partial charge in [0.1, 0.15) is 11.6 Å². The number of alkyl halides is 1. The van der Waals surface area contributed by atoms with E-state index >= 15 is 0 Å². The first-order valence-corrected chi connectivity index (χ1v) is 5.95. The highest BCUT2D eigenvalue weighted by Crippen LogP contribution is 2.16. The molecule has 0 aromatic heterocycles. The van der Waals surface area contributed by atoms with Gasteiger partial charge in [-0.15, -0.1) is 11.6 Å². The van der Waals surface area contributed by atoms with Crippen molar-refractivity contribution in [1.82, 2.24) is 5.32 Å². The molecular formula is C12H15ClN2O3. The molecule has 0 atom stereocenters. The van der Waals surface area contributed by atoms with Crippen LogP contribution in [0.25, 0.3) is 0 Å². The summed E-state index contributed by atoms with van der Waals surface area (Å²) in [6.45, 7) is 0.265. The molecule has 5 nitrogen and oxygen atoms in total. The summed E-state index contributed by atoms with van der Waals surface area (Å²) in [4.78, 5) is 22.4. The Morgan fingerprint density at radius 1 is 1.33 bits per heavy atom. The van der Waals surface area contributed by atoms with Gasteiger partial charge in [0.05, 0.1) is 7.11 Å². The average molecular weight is 271 g/mol. The van der Waals surface area contributed by atoms with E-state index in [2.05, 4.69) is 10.6 Å². The quantitative estimate of drug-likeness (QED) is 0.768. The van der Waals surface area contributed by atoms with E-state index in [9.17, 15) is 9.59 Å². The molecule has 6 heteroatoms. The third kappa shape index (κ3) is 5.05. The summed E-state index contributed by atoms with van der Waals surface area (Å²) in [6, 6.07) is 7.05. The molecule has 0 heterocycles. The summed E-state index contributed by atoms with van der Waals surface area (Å²) in [5, 5.41) is 5.22. The highest BCUT2D eigenvalue weighted by atomic mass is 35.5. The molecular weight excluding hydrogens is 256 g/mol. The Kier molecular flexibility index (Phi) is 6.00. The molecule has 1 aromatic carbocycles. The molecule has 0 aliphatic rings. The lowest BCUT2D eigenvalue weighted by Crippen LogP contribution is -2.28. The van der Waals surface area contributed by atoms with Crippen LogP contribution in [-0.4, -0.2) is 31.3 Å². The molecule has 1 aromatic rings. The first-order valence-electron chi connectivity index (χ1n) is 5.42. The number of anilines is 1. The molecule has 0 aliphatic heterocycles. The van der Waals surface area contributed by atoms with Crippen LogP contribution in [0.2, 0.25) is 0 Å². The lowest BCUT2D eigenvalue weighted by molar-refractivity contribution is -0.119. The Balaban J connectivity index is 2.37. The molecule has 0 aliphatic carbocycles. The number of benzene rings is 1. The van der Waals surface area contributed by atoms with Crippen molar-refractivity contribution in [3.8, 4) is 5.75 Å². The molecule has 0 radical (unpaired) electrons. The zero-order valence-electron chi connectivity index (χ0n) is 10.0. The standard InChI is InChI=1S/C12H15ClN2O3/c1-18-10-4-2-3-9(7-10)15-11(16)5-6-14-12(17)8-13/h2-4,7H,5-6,8H2,1H3,(H,14,17)(H,15,16). The Bertz CT molecular complexity index is 424. The number of ether oxygens (including phenoxy) is 1. The number of carbonyl (C=O) groups excluding carboxylic acids is 2. The van der Waals surface area contributed by atoms with E-state index in [1.165, 1.54) is 0 Å². The summed E-state index contributed by atoms with van der Waals surface area (Å²) < 4.78 is 5.04. The molecule has 0 unspecified atom stereocenters. The Morgan fingerprint density at radius 3 is 2.78 bits per heavy atom. The molecule has 0 spiro atoms. The van der Waals surface area contributed by atoms with Crippen LogP contribution in [0.3, 0.4) is 0 Å². The fraction of sp³-hybridized carbons (Fsp3) is 0.333. The van der Waals surface area contributed by atoms with E-state index in [1.807, 2.05) is 0 Å². The lowest BCUT2D eigenvalue weighted by Gasteiger charge is -2.07. The molecule has 0 saturated heterocycles. The minimum atomic E-state index is -0.286. The fourth-order valence-corrected chi connectivity index (χ4v) is 1.38. The number of methoxy groups -OCH3 is 1. The molecule has 2 amide bonds. The lowest BCUT2D eigenvalue weighted by atomic mass is 10.3. The largest absolute Gasteiger partial charge is 0.497 e. The maximum Gasteiger partial charge on any atom is 0.234 e. The first-order chi connectivity index (χ1) is 8.65. The van der Waals surface area contributed by atoms with Gasteiger partial charge < -0.3 is 15.4 Å². The van der Waals surface area contributed by atoms with Gasteiger partial charge in [0, 0.05) is 24.7 Å². The van der Waals surface area contributed by atoms with Gasteiger partial charge in [-0.05, 0) is 12.1 Å². The van der Waals surface area contributed by atoms with Gasteiger partial charge in [-0.3, -0.25) is 9.59 Å². The van der Waals surface area contributed by atoms with Crippen LogP contribution < -0.4 is 15.4 Å². The summed E-state index contributed by atoms with van der Waals surface area (Å²) in [5.74, 6) is 0.101. The van der Waals surface area contributed by atoms with Gasteiger partial charge in [0.25, 0.3) is 0 Å². The van der Waals surface area contributed by atoms with Gasteiger partial charge in [-0.2, -0.15) is 0 Å². The van der Waals surface area contributed by atoms with Crippen molar-refractivity contribution < 1.29 is 14.3 Å². The maximum atomic E-state index is 11.5. The fourth-order valence-electron chi connectivity index (χ4n) is 1.29. The number of nitrogens with one attached hydrogen (secondary N) is 2. The predicted octanol–water partition coefficient (Wildman–Crippen LogP) is 1.38. The van der Waals surface area contributed by atoms with Crippen molar-refractivity contribution in [2.75, 3.05) is 24.9 Å². The van der Waals surface area contributed by atoms with Crippen molar-refractivity contribution in [3.63, 3.8) is 0 Å². The SMILES string of the molecule is COc1cccc(NC(=O)CCNC(=O)CCl)c1. The molecule has 0 fully saturated rings. The van der Waals surface area contributed by atoms with Crippen LogP contribution in [0.15, 0.2) is 24.3 Å². The van der Waals surface area contributed by atoms with Crippen LogP contribution in [0.4, 0.5) is 5.69 Å². The van der Waals surface area contributed by atoms with E-state index in [-0.39, 0.29) is 30.7 Å². The second kappa shape index (κ2) is 7.55. The first kappa shape index (κ1) is 14.3. The Morgan fingerprint density at radius 2 is 2.11 bits per heavy atom. The number of carbonyl (C=O) groups is 2. The Hall–Kier alpha value is -1.75. The smallest absolute Gasteiger partial charge is 0.234 e. The summed E-state index contributed by atoms with van der Waals surface area (Å²) in [7, 11) is 1.56. The average Bonchev–Trinajstić information content (AvgIpc) is 2.38. The summed E-state index contributed by atoms with van der Waals surface area (Å²) in [5.41, 5.74) is 0.656. The van der Waals surface area contributed by atoms with Crippen molar-refractivity contribution in [3.05, 3.63) is 24.3 Å². The van der Waals surface area contributed by atoms with Gasteiger partial charge in [0.2, 0.25) is 11.8 Å². The predicted molar refractivity (Wildman–Crippen MR) is 70.0 cm³/mol. The molecule has 18 heavy (non-hydrogen) atoms. The monoisotopic (exact) mass is 270 g/mol. The van der Waals surface area contributed by atoms with E-state index in [4.69, 9.17) is 16.3 Å². The number of hydrogen-bond acceptors (Lipinski definition) is 3. The highest BCUT2D eigenvalue weighted by molar-refractivity contribution is 6.27. The molecule has 2 N–H and O–H groups in total. The second-order valence-corrected chi connectivity index (χ2v) is 3.78. The second-order valence-electron chi connectivity index (χ2n) is 3.51. The minimum Gasteiger partial charge on any atom is -0.497 e. The third-order valence-electron chi connectivity index (χ3n) is 2.15. The van der Waals surface area contributed by atoms with Crippen LogP contribution in [0.1, 0.15) is 6.42 Å². The molecule has 98 valence electrons. The van der Waals surface area contributed by atoms with Crippen LogP contribution >= 0.6 is 11.6 Å². The zero-order valence-corrected chi connectivity index (χ0v) is 10.8. The van der Waals surface area contributed by atoms with Gasteiger partial charge in [0.15, 0.2) is 0 Å². The van der Waals surface area contributed by atoms with E-state index in [0.717, 1.165) is 0 Å².